The van der Waals surface area contributed by atoms with Crippen molar-refractivity contribution >= 4 is 28.6 Å². The number of amides is 2. The Bertz CT molecular complexity index is 747. The second kappa shape index (κ2) is 5.22. The van der Waals surface area contributed by atoms with Crippen LogP contribution in [-0.4, -0.2) is 31.2 Å². The molecule has 8 heteroatoms. The van der Waals surface area contributed by atoms with Crippen LogP contribution >= 0.6 is 0 Å². The Labute approximate surface area is 113 Å². The lowest BCUT2D eigenvalue weighted by Gasteiger charge is -2.06. The number of urea groups is 1. The molecule has 0 aliphatic rings. The molecule has 0 saturated heterocycles. The fraction of sp³-hybridized carbons (Fsp3) is 0. The molecule has 0 unspecified atom stereocenters. The maximum absolute atomic E-state index is 11.8. The minimum absolute atomic E-state index is 0.370. The van der Waals surface area contributed by atoms with Gasteiger partial charge in [0, 0.05) is 18.1 Å². The zero-order valence-corrected chi connectivity index (χ0v) is 10.2. The highest BCUT2D eigenvalue weighted by Crippen LogP contribution is 2.14. The van der Waals surface area contributed by atoms with Gasteiger partial charge in [-0.2, -0.15) is 0 Å². The van der Waals surface area contributed by atoms with Crippen LogP contribution in [0.5, 0.6) is 0 Å². The van der Waals surface area contributed by atoms with E-state index < -0.39 is 6.03 Å². The molecule has 0 saturated carbocycles. The lowest BCUT2D eigenvalue weighted by atomic mass is 10.2. The molecule has 8 nitrogen and oxygen atoms in total. The zero-order chi connectivity index (χ0) is 13.8. The van der Waals surface area contributed by atoms with Crippen molar-refractivity contribution in [1.82, 2.24) is 25.1 Å². The minimum atomic E-state index is -0.410. The summed E-state index contributed by atoms with van der Waals surface area (Å²) in [5, 5.41) is 12.8. The number of carbonyl (C=O) groups excluding carboxylic acids is 1. The Hall–Kier alpha value is -3.16. The molecule has 3 aromatic rings. The number of benzene rings is 1. The Kier molecular flexibility index (Phi) is 3.11. The summed E-state index contributed by atoms with van der Waals surface area (Å²) in [6, 6.07) is 4.74. The van der Waals surface area contributed by atoms with Crippen molar-refractivity contribution in [2.75, 3.05) is 10.6 Å². The van der Waals surface area contributed by atoms with Gasteiger partial charge in [-0.25, -0.2) is 14.8 Å². The molecule has 0 aliphatic carbocycles. The van der Waals surface area contributed by atoms with Gasteiger partial charge >= 0.3 is 6.03 Å². The topological polar surface area (TPSA) is 106 Å². The number of aromatic nitrogens is 5. The second-order valence-corrected chi connectivity index (χ2v) is 3.83. The van der Waals surface area contributed by atoms with Crippen LogP contribution in [0, 0.1) is 0 Å². The van der Waals surface area contributed by atoms with E-state index in [0.717, 1.165) is 0 Å². The van der Waals surface area contributed by atoms with Crippen LogP contribution in [0.1, 0.15) is 0 Å². The molecule has 0 aliphatic heterocycles. The number of nitrogens with zero attached hydrogens (tertiary/aromatic N) is 5. The van der Waals surface area contributed by atoms with Gasteiger partial charge in [0.25, 0.3) is 0 Å². The van der Waals surface area contributed by atoms with Gasteiger partial charge in [-0.05, 0) is 18.2 Å². The van der Waals surface area contributed by atoms with Crippen LogP contribution < -0.4 is 10.6 Å². The van der Waals surface area contributed by atoms with Crippen molar-refractivity contribution in [1.29, 1.82) is 0 Å². The van der Waals surface area contributed by atoms with Crippen LogP contribution in [0.15, 0.2) is 43.1 Å². The molecule has 2 N–H and O–H groups in total. The van der Waals surface area contributed by atoms with E-state index in [1.807, 2.05) is 0 Å². The monoisotopic (exact) mass is 267 g/mol. The van der Waals surface area contributed by atoms with Crippen LogP contribution in [0.4, 0.5) is 16.3 Å². The van der Waals surface area contributed by atoms with Crippen LogP contribution in [0.3, 0.4) is 0 Å². The molecule has 2 aromatic heterocycles. The maximum atomic E-state index is 11.8. The van der Waals surface area contributed by atoms with Gasteiger partial charge in [0.1, 0.15) is 11.8 Å². The van der Waals surface area contributed by atoms with Crippen molar-refractivity contribution in [3.63, 3.8) is 0 Å². The second-order valence-electron chi connectivity index (χ2n) is 3.83. The summed E-state index contributed by atoms with van der Waals surface area (Å²) in [5.74, 6) is 0.370. The molecule has 3 rings (SSSR count). The van der Waals surface area contributed by atoms with Gasteiger partial charge in [-0.1, -0.05) is 0 Å². The SMILES string of the molecule is O=C(Nc1ccc2nncnc2c1)Nc1cnccn1. The highest BCUT2D eigenvalue weighted by Gasteiger charge is 2.04. The number of carbonyl (C=O) groups is 1. The summed E-state index contributed by atoms with van der Waals surface area (Å²) >= 11 is 0. The Morgan fingerprint density at radius 1 is 1.05 bits per heavy atom. The molecular weight excluding hydrogens is 258 g/mol. The van der Waals surface area contributed by atoms with E-state index in [1.165, 1.54) is 24.9 Å². The quantitative estimate of drug-likeness (QED) is 0.728. The first-order valence-corrected chi connectivity index (χ1v) is 5.73. The van der Waals surface area contributed by atoms with E-state index in [9.17, 15) is 4.79 Å². The van der Waals surface area contributed by atoms with Crippen LogP contribution in [0.2, 0.25) is 0 Å². The highest BCUT2D eigenvalue weighted by molar-refractivity contribution is 6.00. The first-order chi connectivity index (χ1) is 9.81. The van der Waals surface area contributed by atoms with Crippen molar-refractivity contribution in [2.45, 2.75) is 0 Å². The molecule has 0 fully saturated rings. The average molecular weight is 267 g/mol. The van der Waals surface area contributed by atoms with Gasteiger partial charge < -0.3 is 5.32 Å². The normalized spacial score (nSPS) is 10.2. The molecule has 2 heterocycles. The summed E-state index contributed by atoms with van der Waals surface area (Å²) < 4.78 is 0. The predicted octanol–water partition coefficient (Wildman–Crippen LogP) is 1.46. The number of fused-ring (bicyclic) bond motifs is 1. The fourth-order valence-electron chi connectivity index (χ4n) is 1.61. The van der Waals surface area contributed by atoms with E-state index in [0.29, 0.717) is 22.5 Å². The lowest BCUT2D eigenvalue weighted by Crippen LogP contribution is -2.20. The molecule has 0 atom stereocenters. The van der Waals surface area contributed by atoms with E-state index in [-0.39, 0.29) is 0 Å². The summed E-state index contributed by atoms with van der Waals surface area (Å²) in [6.07, 6.45) is 5.83. The van der Waals surface area contributed by atoms with Crippen LogP contribution in [0.25, 0.3) is 11.0 Å². The third-order valence-electron chi connectivity index (χ3n) is 2.45. The average Bonchev–Trinajstić information content (AvgIpc) is 2.48. The number of anilines is 2. The number of nitrogens with one attached hydrogen (secondary N) is 2. The standard InChI is InChI=1S/C12H9N7O/c20-12(18-11-6-13-3-4-14-11)17-8-1-2-9-10(5-8)15-7-16-19-9/h1-7H,(H2,14,17,18,20). The molecular formula is C12H9N7O. The molecule has 2 amide bonds. The molecule has 1 aromatic carbocycles. The molecule has 0 radical (unpaired) electrons. The van der Waals surface area contributed by atoms with Gasteiger partial charge in [0.15, 0.2) is 5.82 Å². The molecule has 20 heavy (non-hydrogen) atoms. The zero-order valence-electron chi connectivity index (χ0n) is 10.2. The number of hydrogen-bond donors (Lipinski definition) is 2. The number of hydrogen-bond acceptors (Lipinski definition) is 6. The van der Waals surface area contributed by atoms with E-state index in [2.05, 4.69) is 35.8 Å². The van der Waals surface area contributed by atoms with Gasteiger partial charge in [0.05, 0.1) is 11.7 Å². The molecule has 0 spiro atoms. The Balaban J connectivity index is 1.74. The van der Waals surface area contributed by atoms with E-state index in [4.69, 9.17) is 0 Å². The Morgan fingerprint density at radius 3 is 2.85 bits per heavy atom. The van der Waals surface area contributed by atoms with Gasteiger partial charge in [-0.3, -0.25) is 10.3 Å². The summed E-state index contributed by atoms with van der Waals surface area (Å²) in [5.41, 5.74) is 1.91. The maximum Gasteiger partial charge on any atom is 0.324 e. The van der Waals surface area contributed by atoms with Crippen molar-refractivity contribution in [3.05, 3.63) is 43.1 Å². The van der Waals surface area contributed by atoms with Crippen molar-refractivity contribution in [2.24, 2.45) is 0 Å². The Morgan fingerprint density at radius 2 is 2.00 bits per heavy atom. The van der Waals surface area contributed by atoms with E-state index in [1.54, 1.807) is 18.2 Å². The molecule has 98 valence electrons. The third kappa shape index (κ3) is 2.64. The largest absolute Gasteiger partial charge is 0.324 e. The molecule has 0 bridgehead atoms. The third-order valence-corrected chi connectivity index (χ3v) is 2.45. The van der Waals surface area contributed by atoms with Crippen LogP contribution in [-0.2, 0) is 0 Å². The lowest BCUT2D eigenvalue weighted by molar-refractivity contribution is 0.262. The van der Waals surface area contributed by atoms with Crippen molar-refractivity contribution < 1.29 is 4.79 Å². The fourth-order valence-corrected chi connectivity index (χ4v) is 1.61. The first-order valence-electron chi connectivity index (χ1n) is 5.73. The van der Waals surface area contributed by atoms with Gasteiger partial charge in [-0.15, -0.1) is 10.2 Å². The summed E-state index contributed by atoms with van der Waals surface area (Å²) in [7, 11) is 0. The van der Waals surface area contributed by atoms with E-state index >= 15 is 0 Å². The van der Waals surface area contributed by atoms with Crippen molar-refractivity contribution in [3.8, 4) is 0 Å². The smallest absolute Gasteiger partial charge is 0.308 e. The number of rotatable bonds is 2. The minimum Gasteiger partial charge on any atom is -0.308 e. The first kappa shape index (κ1) is 11.9. The summed E-state index contributed by atoms with van der Waals surface area (Å²) in [4.78, 5) is 23.6. The predicted molar refractivity (Wildman–Crippen MR) is 72.0 cm³/mol. The highest BCUT2D eigenvalue weighted by atomic mass is 16.2. The van der Waals surface area contributed by atoms with Gasteiger partial charge in [0.2, 0.25) is 0 Å². The summed E-state index contributed by atoms with van der Waals surface area (Å²) in [6.45, 7) is 0.